The maximum absolute atomic E-state index is 11.2. The van der Waals surface area contributed by atoms with Crippen LogP contribution >= 0.6 is 0 Å². The normalized spacial score (nSPS) is 34.8. The number of nitrogens with zero attached hydrogens (tertiary/aromatic N) is 2. The monoisotopic (exact) mass is 182 g/mol. The lowest BCUT2D eigenvalue weighted by molar-refractivity contribution is -0.129. The molecule has 0 aromatic rings. The molecule has 0 radical (unpaired) electrons. The van der Waals surface area contributed by atoms with Gasteiger partial charge in [0.2, 0.25) is 5.91 Å². The Kier molecular flexibility index (Phi) is 2.28. The lowest BCUT2D eigenvalue weighted by atomic mass is 10.1. The van der Waals surface area contributed by atoms with Gasteiger partial charge in [-0.1, -0.05) is 0 Å². The van der Waals surface area contributed by atoms with Crippen molar-refractivity contribution in [1.29, 1.82) is 0 Å². The van der Waals surface area contributed by atoms with Gasteiger partial charge < -0.3 is 4.90 Å². The molecule has 1 amide bonds. The minimum atomic E-state index is 0.237. The Labute approximate surface area is 79.7 Å². The Morgan fingerprint density at radius 3 is 2.62 bits per heavy atom. The van der Waals surface area contributed by atoms with Gasteiger partial charge in [-0.15, -0.1) is 0 Å². The molecule has 0 saturated carbocycles. The van der Waals surface area contributed by atoms with Gasteiger partial charge in [0.15, 0.2) is 0 Å². The van der Waals surface area contributed by atoms with E-state index in [9.17, 15) is 4.79 Å². The first-order chi connectivity index (χ1) is 6.18. The van der Waals surface area contributed by atoms with Crippen LogP contribution in [0, 0.1) is 0 Å². The van der Waals surface area contributed by atoms with E-state index in [2.05, 4.69) is 11.9 Å². The number of amides is 1. The second kappa shape index (κ2) is 3.29. The molecular formula is C10H18N2O. The summed E-state index contributed by atoms with van der Waals surface area (Å²) in [7, 11) is 2.20. The van der Waals surface area contributed by atoms with E-state index in [0.29, 0.717) is 6.04 Å². The summed E-state index contributed by atoms with van der Waals surface area (Å²) < 4.78 is 0. The van der Waals surface area contributed by atoms with Crippen molar-refractivity contribution in [3.8, 4) is 0 Å². The molecule has 2 fully saturated rings. The molecule has 2 rings (SSSR count). The fourth-order valence-electron chi connectivity index (χ4n) is 2.59. The minimum absolute atomic E-state index is 0.237. The molecule has 74 valence electrons. The molecule has 0 aromatic carbocycles. The zero-order chi connectivity index (χ0) is 9.42. The van der Waals surface area contributed by atoms with Gasteiger partial charge in [-0.25, -0.2) is 0 Å². The summed E-state index contributed by atoms with van der Waals surface area (Å²) in [6.07, 6.45) is 3.75. The van der Waals surface area contributed by atoms with Crippen LogP contribution in [0.1, 0.15) is 26.2 Å². The summed E-state index contributed by atoms with van der Waals surface area (Å²) in [5.41, 5.74) is 0. The maximum Gasteiger partial charge on any atom is 0.219 e. The van der Waals surface area contributed by atoms with Gasteiger partial charge in [0.05, 0.1) is 0 Å². The van der Waals surface area contributed by atoms with Crippen molar-refractivity contribution < 1.29 is 4.79 Å². The standard InChI is InChI=1S/C10H18N2O/c1-8(13)12-6-5-9-3-4-10(7-12)11(9)2/h9-10H,3-7H2,1-2H3. The molecule has 0 spiro atoms. The van der Waals surface area contributed by atoms with Crippen molar-refractivity contribution in [1.82, 2.24) is 9.80 Å². The molecule has 2 aliphatic heterocycles. The summed E-state index contributed by atoms with van der Waals surface area (Å²) >= 11 is 0. The van der Waals surface area contributed by atoms with Crippen LogP contribution in [0.25, 0.3) is 0 Å². The number of fused-ring (bicyclic) bond motifs is 2. The molecule has 2 aliphatic rings. The first-order valence-electron chi connectivity index (χ1n) is 5.16. The molecular weight excluding hydrogens is 164 g/mol. The van der Waals surface area contributed by atoms with E-state index in [1.54, 1.807) is 6.92 Å². The largest absolute Gasteiger partial charge is 0.341 e. The molecule has 3 nitrogen and oxygen atoms in total. The van der Waals surface area contributed by atoms with Gasteiger partial charge in [-0.3, -0.25) is 9.69 Å². The lowest BCUT2D eigenvalue weighted by Crippen LogP contribution is -2.38. The molecule has 13 heavy (non-hydrogen) atoms. The highest BCUT2D eigenvalue weighted by Gasteiger charge is 2.34. The SMILES string of the molecule is CC(=O)N1CCC2CCC(C1)N2C. The van der Waals surface area contributed by atoms with Crippen LogP contribution in [0.3, 0.4) is 0 Å². The molecule has 2 bridgehead atoms. The van der Waals surface area contributed by atoms with Crippen molar-refractivity contribution >= 4 is 5.91 Å². The van der Waals surface area contributed by atoms with Crippen LogP contribution in [0.2, 0.25) is 0 Å². The summed E-state index contributed by atoms with van der Waals surface area (Å²) in [6, 6.07) is 1.35. The zero-order valence-electron chi connectivity index (χ0n) is 8.49. The Balaban J connectivity index is 2.07. The van der Waals surface area contributed by atoms with Crippen LogP contribution in [0.4, 0.5) is 0 Å². The summed E-state index contributed by atoms with van der Waals surface area (Å²) in [6.45, 7) is 3.59. The molecule has 2 saturated heterocycles. The maximum atomic E-state index is 11.2. The number of likely N-dealkylation sites (N-methyl/N-ethyl adjacent to an activating group) is 1. The topological polar surface area (TPSA) is 23.6 Å². The van der Waals surface area contributed by atoms with Gasteiger partial charge in [0, 0.05) is 32.1 Å². The number of likely N-dealkylation sites (tertiary alicyclic amines) is 1. The van der Waals surface area contributed by atoms with E-state index >= 15 is 0 Å². The second-order valence-corrected chi connectivity index (χ2v) is 4.30. The summed E-state index contributed by atoms with van der Waals surface area (Å²) in [5, 5.41) is 0. The van der Waals surface area contributed by atoms with Gasteiger partial charge >= 0.3 is 0 Å². The smallest absolute Gasteiger partial charge is 0.219 e. The molecule has 2 heterocycles. The van der Waals surface area contributed by atoms with Gasteiger partial charge in [-0.2, -0.15) is 0 Å². The van der Waals surface area contributed by atoms with E-state index in [0.717, 1.165) is 25.6 Å². The lowest BCUT2D eigenvalue weighted by Gasteiger charge is -2.24. The first-order valence-corrected chi connectivity index (χ1v) is 5.16. The van der Waals surface area contributed by atoms with E-state index < -0.39 is 0 Å². The van der Waals surface area contributed by atoms with Crippen molar-refractivity contribution in [3.05, 3.63) is 0 Å². The highest BCUT2D eigenvalue weighted by molar-refractivity contribution is 5.73. The van der Waals surface area contributed by atoms with Crippen molar-refractivity contribution in [2.75, 3.05) is 20.1 Å². The highest BCUT2D eigenvalue weighted by atomic mass is 16.2. The fraction of sp³-hybridized carbons (Fsp3) is 0.900. The van der Waals surface area contributed by atoms with Crippen molar-refractivity contribution in [3.63, 3.8) is 0 Å². The van der Waals surface area contributed by atoms with Crippen LogP contribution in [-0.2, 0) is 4.79 Å². The Hall–Kier alpha value is -0.570. The Bertz CT molecular complexity index is 217. The summed E-state index contributed by atoms with van der Waals surface area (Å²) in [4.78, 5) is 15.7. The van der Waals surface area contributed by atoms with Crippen LogP contribution in [0.5, 0.6) is 0 Å². The third-order valence-corrected chi connectivity index (χ3v) is 3.59. The molecule has 0 aliphatic carbocycles. The predicted molar refractivity (Wildman–Crippen MR) is 51.4 cm³/mol. The highest BCUT2D eigenvalue weighted by Crippen LogP contribution is 2.28. The van der Waals surface area contributed by atoms with Crippen molar-refractivity contribution in [2.24, 2.45) is 0 Å². The van der Waals surface area contributed by atoms with E-state index in [-0.39, 0.29) is 5.91 Å². The number of carbonyl (C=O) groups is 1. The number of hydrogen-bond acceptors (Lipinski definition) is 2. The third kappa shape index (κ3) is 1.57. The Morgan fingerprint density at radius 2 is 1.92 bits per heavy atom. The predicted octanol–water partition coefficient (Wildman–Crippen LogP) is 0.701. The molecule has 2 unspecified atom stereocenters. The molecule has 2 atom stereocenters. The average Bonchev–Trinajstić information content (AvgIpc) is 2.25. The summed E-state index contributed by atoms with van der Waals surface area (Å²) in [5.74, 6) is 0.237. The second-order valence-electron chi connectivity index (χ2n) is 4.30. The number of hydrogen-bond donors (Lipinski definition) is 0. The van der Waals surface area contributed by atoms with Crippen LogP contribution in [0.15, 0.2) is 0 Å². The molecule has 0 aromatic heterocycles. The zero-order valence-corrected chi connectivity index (χ0v) is 8.49. The van der Waals surface area contributed by atoms with Gasteiger partial charge in [-0.05, 0) is 26.3 Å². The third-order valence-electron chi connectivity index (χ3n) is 3.59. The average molecular weight is 182 g/mol. The number of rotatable bonds is 0. The first kappa shape index (κ1) is 9.00. The molecule has 3 heteroatoms. The van der Waals surface area contributed by atoms with E-state index in [4.69, 9.17) is 0 Å². The minimum Gasteiger partial charge on any atom is -0.341 e. The Morgan fingerprint density at radius 1 is 1.23 bits per heavy atom. The fourth-order valence-corrected chi connectivity index (χ4v) is 2.59. The van der Waals surface area contributed by atoms with Gasteiger partial charge in [0.25, 0.3) is 0 Å². The number of carbonyl (C=O) groups excluding carboxylic acids is 1. The van der Waals surface area contributed by atoms with Crippen LogP contribution < -0.4 is 0 Å². The molecule has 0 N–H and O–H groups in total. The van der Waals surface area contributed by atoms with Crippen molar-refractivity contribution in [2.45, 2.75) is 38.3 Å². The quantitative estimate of drug-likeness (QED) is 0.550. The van der Waals surface area contributed by atoms with E-state index in [1.165, 1.54) is 12.8 Å². The van der Waals surface area contributed by atoms with E-state index in [1.807, 2.05) is 4.90 Å². The van der Waals surface area contributed by atoms with Gasteiger partial charge in [0.1, 0.15) is 0 Å². The van der Waals surface area contributed by atoms with Crippen LogP contribution in [-0.4, -0.2) is 47.9 Å².